The molecular formula is C19H14FN3O3S. The molecule has 1 aromatic heterocycles. The molecule has 27 heavy (non-hydrogen) atoms. The minimum Gasteiger partial charge on any atom is -0.287 e. The Morgan fingerprint density at radius 2 is 1.81 bits per heavy atom. The Morgan fingerprint density at radius 3 is 2.56 bits per heavy atom. The van der Waals surface area contributed by atoms with Crippen LogP contribution >= 0.6 is 0 Å². The number of anilines is 2. The molecule has 0 fully saturated rings. The Balaban J connectivity index is 1.87. The van der Waals surface area contributed by atoms with Gasteiger partial charge in [-0.2, -0.15) is 4.31 Å². The Hall–Kier alpha value is -3.26. The molecule has 2 aromatic carbocycles. The van der Waals surface area contributed by atoms with Crippen molar-refractivity contribution in [3.63, 3.8) is 0 Å². The molecule has 0 spiro atoms. The standard InChI is InChI=1S/C19H14FN3O3S/c20-15-6-3-5-14(11-15)13-22-17-8-1-2-9-18(17)27(25,26)23(19(22)24)16-7-4-10-21-12-16/h1-12H,13H2. The molecule has 1 aliphatic rings. The molecule has 2 amide bonds. The summed E-state index contributed by atoms with van der Waals surface area (Å²) in [4.78, 5) is 18.4. The van der Waals surface area contributed by atoms with Crippen LogP contribution in [-0.2, 0) is 16.6 Å². The van der Waals surface area contributed by atoms with Crippen molar-refractivity contribution >= 4 is 27.4 Å². The van der Waals surface area contributed by atoms with Crippen LogP contribution in [0.15, 0.2) is 78.0 Å². The highest BCUT2D eigenvalue weighted by molar-refractivity contribution is 7.94. The maximum atomic E-state index is 13.6. The number of rotatable bonds is 3. The van der Waals surface area contributed by atoms with Crippen LogP contribution in [0.1, 0.15) is 5.56 Å². The summed E-state index contributed by atoms with van der Waals surface area (Å²) < 4.78 is 40.4. The lowest BCUT2D eigenvalue weighted by molar-refractivity contribution is 0.253. The van der Waals surface area contributed by atoms with Gasteiger partial charge in [0.1, 0.15) is 10.7 Å². The summed E-state index contributed by atoms with van der Waals surface area (Å²) in [6.07, 6.45) is 2.80. The quantitative estimate of drug-likeness (QED) is 0.693. The van der Waals surface area contributed by atoms with E-state index in [1.807, 2.05) is 0 Å². The molecule has 0 saturated carbocycles. The van der Waals surface area contributed by atoms with Gasteiger partial charge in [-0.1, -0.05) is 24.3 Å². The minimum atomic E-state index is -4.09. The monoisotopic (exact) mass is 383 g/mol. The number of carbonyl (C=O) groups excluding carboxylic acids is 1. The van der Waals surface area contributed by atoms with Gasteiger partial charge in [-0.05, 0) is 42.0 Å². The summed E-state index contributed by atoms with van der Waals surface area (Å²) in [5.41, 5.74) is 0.941. The summed E-state index contributed by atoms with van der Waals surface area (Å²) in [7, 11) is -4.09. The number of amides is 2. The van der Waals surface area contributed by atoms with Crippen molar-refractivity contribution < 1.29 is 17.6 Å². The molecule has 0 atom stereocenters. The number of pyridine rings is 1. The van der Waals surface area contributed by atoms with Crippen LogP contribution < -0.4 is 9.21 Å². The van der Waals surface area contributed by atoms with E-state index < -0.39 is 21.9 Å². The van der Waals surface area contributed by atoms with Gasteiger partial charge in [0.15, 0.2) is 0 Å². The predicted molar refractivity (Wildman–Crippen MR) is 98.3 cm³/mol. The number of nitrogens with zero attached hydrogens (tertiary/aromatic N) is 3. The van der Waals surface area contributed by atoms with Gasteiger partial charge in [0.25, 0.3) is 10.0 Å². The third kappa shape index (κ3) is 2.93. The predicted octanol–water partition coefficient (Wildman–Crippen LogP) is 3.56. The zero-order chi connectivity index (χ0) is 19.0. The van der Waals surface area contributed by atoms with Gasteiger partial charge in [0.2, 0.25) is 0 Å². The first-order valence-corrected chi connectivity index (χ1v) is 9.53. The number of sulfonamides is 1. The van der Waals surface area contributed by atoms with Crippen molar-refractivity contribution in [3.05, 3.63) is 84.4 Å². The van der Waals surface area contributed by atoms with Gasteiger partial charge >= 0.3 is 6.03 Å². The Kier molecular flexibility index (Phi) is 4.12. The van der Waals surface area contributed by atoms with Crippen molar-refractivity contribution in [2.75, 3.05) is 9.21 Å². The third-order valence-electron chi connectivity index (χ3n) is 4.19. The first-order chi connectivity index (χ1) is 13.0. The molecule has 2 heterocycles. The van der Waals surface area contributed by atoms with Crippen LogP contribution in [0, 0.1) is 5.82 Å². The Labute approximate surface area is 155 Å². The molecule has 0 N–H and O–H groups in total. The zero-order valence-electron chi connectivity index (χ0n) is 14.0. The molecule has 0 radical (unpaired) electrons. The van der Waals surface area contributed by atoms with Crippen LogP contribution in [0.5, 0.6) is 0 Å². The summed E-state index contributed by atoms with van der Waals surface area (Å²) in [5, 5.41) is 0. The van der Waals surface area contributed by atoms with Gasteiger partial charge in [-0.3, -0.25) is 9.88 Å². The summed E-state index contributed by atoms with van der Waals surface area (Å²) >= 11 is 0. The number of halogens is 1. The van der Waals surface area contributed by atoms with Crippen LogP contribution in [0.2, 0.25) is 0 Å². The van der Waals surface area contributed by atoms with Gasteiger partial charge in [0, 0.05) is 6.20 Å². The van der Waals surface area contributed by atoms with E-state index >= 15 is 0 Å². The fourth-order valence-corrected chi connectivity index (χ4v) is 4.59. The van der Waals surface area contributed by atoms with Crippen molar-refractivity contribution in [1.82, 2.24) is 4.98 Å². The van der Waals surface area contributed by atoms with E-state index in [1.54, 1.807) is 36.4 Å². The molecule has 0 unspecified atom stereocenters. The van der Waals surface area contributed by atoms with Crippen molar-refractivity contribution in [2.24, 2.45) is 0 Å². The molecule has 8 heteroatoms. The highest BCUT2D eigenvalue weighted by Crippen LogP contribution is 2.37. The zero-order valence-corrected chi connectivity index (χ0v) is 14.8. The average molecular weight is 383 g/mol. The van der Waals surface area contributed by atoms with Crippen LogP contribution in [0.3, 0.4) is 0 Å². The van der Waals surface area contributed by atoms with Gasteiger partial charge in [-0.25, -0.2) is 17.6 Å². The average Bonchev–Trinajstić information content (AvgIpc) is 2.66. The number of benzene rings is 2. The fourth-order valence-electron chi connectivity index (χ4n) is 3.01. The van der Waals surface area contributed by atoms with Crippen molar-refractivity contribution in [1.29, 1.82) is 0 Å². The highest BCUT2D eigenvalue weighted by atomic mass is 32.2. The van der Waals surface area contributed by atoms with Crippen molar-refractivity contribution in [3.8, 4) is 0 Å². The van der Waals surface area contributed by atoms with Crippen LogP contribution in [0.4, 0.5) is 20.6 Å². The summed E-state index contributed by atoms with van der Waals surface area (Å²) in [5.74, 6) is -0.429. The molecule has 0 saturated heterocycles. The first kappa shape index (κ1) is 17.2. The lowest BCUT2D eigenvalue weighted by atomic mass is 10.2. The van der Waals surface area contributed by atoms with Gasteiger partial charge in [0.05, 0.1) is 24.1 Å². The summed E-state index contributed by atoms with van der Waals surface area (Å²) in [6.45, 7) is 0.0277. The number of aromatic nitrogens is 1. The number of hydrogen-bond acceptors (Lipinski definition) is 4. The molecule has 1 aliphatic heterocycles. The van der Waals surface area contributed by atoms with Crippen LogP contribution in [-0.4, -0.2) is 19.4 Å². The van der Waals surface area contributed by atoms with Crippen molar-refractivity contribution in [2.45, 2.75) is 11.4 Å². The molecule has 0 aliphatic carbocycles. The first-order valence-electron chi connectivity index (χ1n) is 8.09. The molecule has 4 rings (SSSR count). The van der Waals surface area contributed by atoms with Crippen LogP contribution in [0.25, 0.3) is 0 Å². The third-order valence-corrected chi connectivity index (χ3v) is 5.94. The lowest BCUT2D eigenvalue weighted by Gasteiger charge is -2.36. The molecule has 0 bridgehead atoms. The Bertz CT molecular complexity index is 1120. The number of urea groups is 1. The van der Waals surface area contributed by atoms with E-state index in [4.69, 9.17) is 0 Å². The maximum Gasteiger partial charge on any atom is 0.343 e. The second-order valence-corrected chi connectivity index (χ2v) is 7.70. The van der Waals surface area contributed by atoms with E-state index in [0.29, 0.717) is 5.56 Å². The SMILES string of the molecule is O=C1N(Cc2cccc(F)c2)c2ccccc2S(=O)(=O)N1c1cccnc1. The number of para-hydroxylation sites is 1. The maximum absolute atomic E-state index is 13.6. The van der Waals surface area contributed by atoms with Gasteiger partial charge in [-0.15, -0.1) is 0 Å². The number of hydrogen-bond donors (Lipinski definition) is 0. The molecule has 3 aromatic rings. The number of fused-ring (bicyclic) bond motifs is 1. The lowest BCUT2D eigenvalue weighted by Crippen LogP contribution is -2.50. The second-order valence-electron chi connectivity index (χ2n) is 5.95. The van der Waals surface area contributed by atoms with E-state index in [9.17, 15) is 17.6 Å². The topological polar surface area (TPSA) is 70.6 Å². The van der Waals surface area contributed by atoms with E-state index in [2.05, 4.69) is 4.98 Å². The number of carbonyl (C=O) groups is 1. The van der Waals surface area contributed by atoms with E-state index in [1.165, 1.54) is 41.6 Å². The fraction of sp³-hybridized carbons (Fsp3) is 0.0526. The van der Waals surface area contributed by atoms with Gasteiger partial charge < -0.3 is 0 Å². The van der Waals surface area contributed by atoms with E-state index in [-0.39, 0.29) is 22.8 Å². The largest absolute Gasteiger partial charge is 0.343 e. The molecule has 6 nitrogen and oxygen atoms in total. The molecular weight excluding hydrogens is 369 g/mol. The smallest absolute Gasteiger partial charge is 0.287 e. The highest BCUT2D eigenvalue weighted by Gasteiger charge is 2.42. The summed E-state index contributed by atoms with van der Waals surface area (Å²) in [6, 6.07) is 14.4. The second kappa shape index (κ2) is 6.48. The Morgan fingerprint density at radius 1 is 1.00 bits per heavy atom. The van der Waals surface area contributed by atoms with E-state index in [0.717, 1.165) is 4.31 Å². The normalized spacial score (nSPS) is 15.5. The molecule has 136 valence electrons. The minimum absolute atomic E-state index is 0.00450.